The van der Waals surface area contributed by atoms with E-state index in [1.807, 2.05) is 25.1 Å². The number of anilines is 1. The molecule has 0 atom stereocenters. The number of hydrogen-bond acceptors (Lipinski definition) is 5. The molecule has 1 aromatic carbocycles. The SMILES string of the molecule is Cc1c(C(=O)Nc2cnc(-n3nccn3)c(Cl)c2)cncc1-c1ccccc1Cl. The second-order valence-corrected chi connectivity index (χ2v) is 6.96. The van der Waals surface area contributed by atoms with Crippen molar-refractivity contribution in [2.24, 2.45) is 0 Å². The van der Waals surface area contributed by atoms with Gasteiger partial charge >= 0.3 is 0 Å². The van der Waals surface area contributed by atoms with Gasteiger partial charge in [0.2, 0.25) is 0 Å². The van der Waals surface area contributed by atoms with Crippen molar-refractivity contribution in [3.63, 3.8) is 0 Å². The van der Waals surface area contributed by atoms with Gasteiger partial charge in [0.15, 0.2) is 5.82 Å². The third-order valence-electron chi connectivity index (χ3n) is 4.31. The average molecular weight is 425 g/mol. The Bertz CT molecular complexity index is 1190. The largest absolute Gasteiger partial charge is 0.320 e. The molecule has 0 saturated carbocycles. The zero-order valence-electron chi connectivity index (χ0n) is 15.2. The predicted octanol–water partition coefficient (Wildman–Crippen LogP) is 4.59. The van der Waals surface area contributed by atoms with E-state index in [4.69, 9.17) is 23.2 Å². The number of carbonyl (C=O) groups is 1. The van der Waals surface area contributed by atoms with Gasteiger partial charge in [-0.3, -0.25) is 9.78 Å². The molecular formula is C20H14Cl2N6O. The highest BCUT2D eigenvalue weighted by molar-refractivity contribution is 6.33. The lowest BCUT2D eigenvalue weighted by molar-refractivity contribution is 0.102. The molecule has 0 fully saturated rings. The monoisotopic (exact) mass is 424 g/mol. The minimum absolute atomic E-state index is 0.304. The number of hydrogen-bond donors (Lipinski definition) is 1. The molecule has 29 heavy (non-hydrogen) atoms. The smallest absolute Gasteiger partial charge is 0.257 e. The Morgan fingerprint density at radius 3 is 2.48 bits per heavy atom. The van der Waals surface area contributed by atoms with Crippen LogP contribution in [-0.2, 0) is 0 Å². The van der Waals surface area contributed by atoms with Gasteiger partial charge in [-0.15, -0.1) is 4.80 Å². The highest BCUT2D eigenvalue weighted by atomic mass is 35.5. The summed E-state index contributed by atoms with van der Waals surface area (Å²) < 4.78 is 0. The molecule has 0 aliphatic rings. The summed E-state index contributed by atoms with van der Waals surface area (Å²) in [6, 6.07) is 9.01. The van der Waals surface area contributed by atoms with E-state index in [-0.39, 0.29) is 5.91 Å². The fourth-order valence-corrected chi connectivity index (χ4v) is 3.35. The molecule has 144 valence electrons. The topological polar surface area (TPSA) is 85.6 Å². The number of benzene rings is 1. The van der Waals surface area contributed by atoms with E-state index in [0.29, 0.717) is 27.1 Å². The Labute approximate surface area is 176 Å². The Balaban J connectivity index is 1.62. The molecule has 0 unspecified atom stereocenters. The summed E-state index contributed by atoms with van der Waals surface area (Å²) in [4.78, 5) is 22.6. The van der Waals surface area contributed by atoms with Crippen molar-refractivity contribution in [3.05, 3.63) is 82.5 Å². The third-order valence-corrected chi connectivity index (χ3v) is 4.92. The van der Waals surface area contributed by atoms with Crippen LogP contribution in [0.25, 0.3) is 16.9 Å². The first kappa shape index (κ1) is 19.0. The molecule has 0 aliphatic heterocycles. The van der Waals surface area contributed by atoms with E-state index in [1.165, 1.54) is 29.6 Å². The molecule has 3 heterocycles. The molecule has 4 aromatic rings. The van der Waals surface area contributed by atoms with Crippen LogP contribution < -0.4 is 5.32 Å². The van der Waals surface area contributed by atoms with E-state index in [0.717, 1.165) is 16.7 Å². The quantitative estimate of drug-likeness (QED) is 0.517. The summed E-state index contributed by atoms with van der Waals surface area (Å²) in [5.74, 6) is 0.0416. The van der Waals surface area contributed by atoms with Crippen LogP contribution in [0.4, 0.5) is 5.69 Å². The number of halogens is 2. The molecule has 1 N–H and O–H groups in total. The van der Waals surface area contributed by atoms with Gasteiger partial charge in [0.05, 0.1) is 34.9 Å². The number of carbonyl (C=O) groups excluding carboxylic acids is 1. The molecule has 9 heteroatoms. The molecule has 0 bridgehead atoms. The molecule has 4 rings (SSSR count). The predicted molar refractivity (Wildman–Crippen MR) is 112 cm³/mol. The fraction of sp³-hybridized carbons (Fsp3) is 0.0500. The van der Waals surface area contributed by atoms with Crippen LogP contribution in [0.1, 0.15) is 15.9 Å². The van der Waals surface area contributed by atoms with Crippen molar-refractivity contribution in [3.8, 4) is 16.9 Å². The number of nitrogens with zero attached hydrogens (tertiary/aromatic N) is 5. The molecule has 0 aliphatic carbocycles. The van der Waals surface area contributed by atoms with E-state index in [9.17, 15) is 4.79 Å². The zero-order valence-corrected chi connectivity index (χ0v) is 16.7. The lowest BCUT2D eigenvalue weighted by Crippen LogP contribution is -2.15. The zero-order chi connectivity index (χ0) is 20.4. The van der Waals surface area contributed by atoms with E-state index >= 15 is 0 Å². The van der Waals surface area contributed by atoms with Crippen LogP contribution in [-0.4, -0.2) is 30.9 Å². The van der Waals surface area contributed by atoms with E-state index in [1.54, 1.807) is 18.3 Å². The average Bonchev–Trinajstić information content (AvgIpc) is 3.23. The summed E-state index contributed by atoms with van der Waals surface area (Å²) in [5.41, 5.74) is 3.24. The molecule has 1 amide bonds. The lowest BCUT2D eigenvalue weighted by Gasteiger charge is -2.12. The Morgan fingerprint density at radius 2 is 1.76 bits per heavy atom. The maximum Gasteiger partial charge on any atom is 0.257 e. The van der Waals surface area contributed by atoms with Gasteiger partial charge in [-0.1, -0.05) is 41.4 Å². The summed E-state index contributed by atoms with van der Waals surface area (Å²) in [7, 11) is 0. The normalized spacial score (nSPS) is 10.7. The van der Waals surface area contributed by atoms with Crippen LogP contribution in [0.3, 0.4) is 0 Å². The maximum atomic E-state index is 12.8. The first-order valence-electron chi connectivity index (χ1n) is 8.57. The van der Waals surface area contributed by atoms with Gasteiger partial charge in [0.1, 0.15) is 0 Å². The third kappa shape index (κ3) is 3.83. The molecule has 0 spiro atoms. The summed E-state index contributed by atoms with van der Waals surface area (Å²) in [6.45, 7) is 1.85. The van der Waals surface area contributed by atoms with Gasteiger partial charge < -0.3 is 5.32 Å². The van der Waals surface area contributed by atoms with Gasteiger partial charge in [0, 0.05) is 28.5 Å². The van der Waals surface area contributed by atoms with Crippen molar-refractivity contribution >= 4 is 34.8 Å². The summed E-state index contributed by atoms with van der Waals surface area (Å²) in [6.07, 6.45) is 7.74. The standard InChI is InChI=1S/C20H14Cl2N6O/c1-12-15(14-4-2-3-5-17(14)21)10-23-11-16(12)20(29)27-13-8-18(22)19(24-9-13)28-25-6-7-26-28/h2-11H,1H3,(H,27,29). The minimum atomic E-state index is -0.327. The van der Waals surface area contributed by atoms with E-state index in [2.05, 4.69) is 25.5 Å². The van der Waals surface area contributed by atoms with E-state index < -0.39 is 0 Å². The molecular weight excluding hydrogens is 411 g/mol. The van der Waals surface area contributed by atoms with Crippen LogP contribution in [0.5, 0.6) is 0 Å². The number of rotatable bonds is 4. The number of aromatic nitrogens is 5. The Hall–Kier alpha value is -3.29. The highest BCUT2D eigenvalue weighted by Gasteiger charge is 2.16. The van der Waals surface area contributed by atoms with Crippen LogP contribution in [0, 0.1) is 6.92 Å². The van der Waals surface area contributed by atoms with Gasteiger partial charge in [0.25, 0.3) is 5.91 Å². The number of amides is 1. The second-order valence-electron chi connectivity index (χ2n) is 6.14. The highest BCUT2D eigenvalue weighted by Crippen LogP contribution is 2.31. The first-order chi connectivity index (χ1) is 14.0. The second kappa shape index (κ2) is 7.98. The lowest BCUT2D eigenvalue weighted by atomic mass is 9.99. The van der Waals surface area contributed by atoms with Gasteiger partial charge in [-0.05, 0) is 24.6 Å². The molecule has 7 nitrogen and oxygen atoms in total. The Kier molecular flexibility index (Phi) is 5.24. The van der Waals surface area contributed by atoms with Gasteiger partial charge in [-0.25, -0.2) is 4.98 Å². The maximum absolute atomic E-state index is 12.8. The van der Waals surface area contributed by atoms with Crippen LogP contribution >= 0.6 is 23.2 Å². The Morgan fingerprint density at radius 1 is 1.00 bits per heavy atom. The first-order valence-corrected chi connectivity index (χ1v) is 9.33. The van der Waals surface area contributed by atoms with Crippen molar-refractivity contribution in [2.45, 2.75) is 6.92 Å². The van der Waals surface area contributed by atoms with Gasteiger partial charge in [-0.2, -0.15) is 10.2 Å². The molecule has 0 saturated heterocycles. The summed E-state index contributed by atoms with van der Waals surface area (Å²) >= 11 is 12.6. The number of nitrogens with one attached hydrogen (secondary N) is 1. The van der Waals surface area contributed by atoms with Crippen molar-refractivity contribution in [2.75, 3.05) is 5.32 Å². The number of pyridine rings is 2. The molecule has 0 radical (unpaired) electrons. The van der Waals surface area contributed by atoms with Crippen LogP contribution in [0.2, 0.25) is 10.0 Å². The minimum Gasteiger partial charge on any atom is -0.320 e. The van der Waals surface area contributed by atoms with Crippen molar-refractivity contribution in [1.82, 2.24) is 25.0 Å². The van der Waals surface area contributed by atoms with Crippen molar-refractivity contribution < 1.29 is 4.79 Å². The molecule has 3 aromatic heterocycles. The fourth-order valence-electron chi connectivity index (χ4n) is 2.87. The summed E-state index contributed by atoms with van der Waals surface area (Å²) in [5, 5.41) is 11.7. The van der Waals surface area contributed by atoms with Crippen LogP contribution in [0.15, 0.2) is 61.3 Å². The van der Waals surface area contributed by atoms with Crippen molar-refractivity contribution in [1.29, 1.82) is 0 Å².